The first kappa shape index (κ1) is 14.0. The monoisotopic (exact) mass is 343 g/mol. The number of hydrogen-bond donors (Lipinski definition) is 2. The number of aromatic nitrogens is 3. The minimum Gasteiger partial charge on any atom is -0.333 e. The number of carbonyl (C=O) groups is 1. The van der Waals surface area contributed by atoms with Crippen molar-refractivity contribution >= 4 is 33.3 Å². The fourth-order valence-electron chi connectivity index (χ4n) is 1.61. The Bertz CT molecular complexity index is 567. The zero-order chi connectivity index (χ0) is 13.8. The highest BCUT2D eigenvalue weighted by molar-refractivity contribution is 9.10. The normalized spacial score (nSPS) is 12.2. The summed E-state index contributed by atoms with van der Waals surface area (Å²) in [5, 5.41) is 15.4. The largest absolute Gasteiger partial charge is 0.333 e. The second-order valence-corrected chi connectivity index (χ2v) is 5.99. The Morgan fingerprint density at radius 1 is 1.63 bits per heavy atom. The van der Waals surface area contributed by atoms with Gasteiger partial charge in [0, 0.05) is 21.8 Å². The van der Waals surface area contributed by atoms with Gasteiger partial charge < -0.3 is 15.2 Å². The van der Waals surface area contributed by atoms with E-state index in [9.17, 15) is 4.79 Å². The lowest BCUT2D eigenvalue weighted by molar-refractivity contribution is 0.237. The van der Waals surface area contributed by atoms with Crippen molar-refractivity contribution in [3.05, 3.63) is 32.9 Å². The minimum atomic E-state index is -0.222. The number of urea groups is 1. The van der Waals surface area contributed by atoms with Crippen molar-refractivity contribution in [2.45, 2.75) is 19.5 Å². The quantitative estimate of drug-likeness (QED) is 0.893. The summed E-state index contributed by atoms with van der Waals surface area (Å²) in [5.41, 5.74) is 0. The Morgan fingerprint density at radius 2 is 2.42 bits per heavy atom. The van der Waals surface area contributed by atoms with Gasteiger partial charge in [0.1, 0.15) is 6.33 Å². The van der Waals surface area contributed by atoms with Gasteiger partial charge in [-0.1, -0.05) is 0 Å². The first-order valence-corrected chi connectivity index (χ1v) is 7.34. The molecule has 2 amide bonds. The molecular weight excluding hydrogens is 330 g/mol. The molecule has 0 aromatic carbocycles. The number of thiophene rings is 1. The van der Waals surface area contributed by atoms with Crippen LogP contribution in [0, 0.1) is 0 Å². The zero-order valence-electron chi connectivity index (χ0n) is 10.6. The minimum absolute atomic E-state index is 0.192. The van der Waals surface area contributed by atoms with Gasteiger partial charge in [0.2, 0.25) is 0 Å². The summed E-state index contributed by atoms with van der Waals surface area (Å²) in [7, 11) is 1.84. The molecule has 0 radical (unpaired) electrons. The second kappa shape index (κ2) is 6.16. The summed E-state index contributed by atoms with van der Waals surface area (Å²) in [6.07, 6.45) is 1.61. The van der Waals surface area contributed by atoms with Crippen LogP contribution in [0.1, 0.15) is 23.7 Å². The van der Waals surface area contributed by atoms with Crippen LogP contribution in [0.2, 0.25) is 0 Å². The molecule has 8 heteroatoms. The highest BCUT2D eigenvalue weighted by Gasteiger charge is 2.13. The van der Waals surface area contributed by atoms with E-state index < -0.39 is 0 Å². The number of rotatable bonds is 4. The van der Waals surface area contributed by atoms with Gasteiger partial charge in [-0.15, -0.1) is 21.5 Å². The molecule has 0 saturated carbocycles. The summed E-state index contributed by atoms with van der Waals surface area (Å²) in [6, 6.07) is 1.57. The van der Waals surface area contributed by atoms with Crippen molar-refractivity contribution in [1.82, 2.24) is 25.4 Å². The molecule has 102 valence electrons. The Kier molecular flexibility index (Phi) is 4.54. The highest BCUT2D eigenvalue weighted by atomic mass is 79.9. The van der Waals surface area contributed by atoms with E-state index in [-0.39, 0.29) is 12.1 Å². The molecule has 19 heavy (non-hydrogen) atoms. The summed E-state index contributed by atoms with van der Waals surface area (Å²) in [6.45, 7) is 2.37. The molecular formula is C11H14BrN5OS. The number of amides is 2. The molecule has 0 aliphatic rings. The molecule has 0 aliphatic carbocycles. The van der Waals surface area contributed by atoms with Crippen LogP contribution >= 0.6 is 27.3 Å². The van der Waals surface area contributed by atoms with Crippen LogP contribution in [0.3, 0.4) is 0 Å². The molecule has 0 aliphatic heterocycles. The summed E-state index contributed by atoms with van der Waals surface area (Å²) < 4.78 is 2.81. The molecule has 2 heterocycles. The third kappa shape index (κ3) is 3.77. The highest BCUT2D eigenvalue weighted by Crippen LogP contribution is 2.19. The fourth-order valence-corrected chi connectivity index (χ4v) is 3.00. The van der Waals surface area contributed by atoms with Crippen molar-refractivity contribution in [1.29, 1.82) is 0 Å². The van der Waals surface area contributed by atoms with Gasteiger partial charge in [0.15, 0.2) is 5.82 Å². The van der Waals surface area contributed by atoms with Crippen molar-refractivity contribution in [3.63, 3.8) is 0 Å². The summed E-state index contributed by atoms with van der Waals surface area (Å²) in [4.78, 5) is 12.8. The standard InChI is InChI=1S/C11H14BrN5OS/c1-7(10-16-14-6-17(10)2)15-11(18)13-4-9-3-8(12)5-19-9/h3,5-7H,4H2,1-2H3,(H2,13,15,18)/t7-/m1/s1. The Labute approximate surface area is 123 Å². The van der Waals surface area contributed by atoms with Gasteiger partial charge in [0.25, 0.3) is 0 Å². The van der Waals surface area contributed by atoms with Gasteiger partial charge in [0.05, 0.1) is 12.6 Å². The fraction of sp³-hybridized carbons (Fsp3) is 0.364. The van der Waals surface area contributed by atoms with E-state index in [2.05, 4.69) is 36.8 Å². The predicted octanol–water partition coefficient (Wildman–Crippen LogP) is 2.20. The molecule has 0 bridgehead atoms. The lowest BCUT2D eigenvalue weighted by atomic mass is 10.3. The molecule has 0 saturated heterocycles. The Morgan fingerprint density at radius 3 is 3.00 bits per heavy atom. The van der Waals surface area contributed by atoms with Crippen LogP contribution in [-0.4, -0.2) is 20.8 Å². The van der Waals surface area contributed by atoms with Gasteiger partial charge in [-0.05, 0) is 28.9 Å². The zero-order valence-corrected chi connectivity index (χ0v) is 13.0. The predicted molar refractivity (Wildman–Crippen MR) is 76.8 cm³/mol. The lowest BCUT2D eigenvalue weighted by Gasteiger charge is -2.13. The maximum Gasteiger partial charge on any atom is 0.315 e. The van der Waals surface area contributed by atoms with Crippen LogP contribution in [0.4, 0.5) is 4.79 Å². The average molecular weight is 344 g/mol. The van der Waals surface area contributed by atoms with E-state index in [1.165, 1.54) is 0 Å². The molecule has 6 nitrogen and oxygen atoms in total. The van der Waals surface area contributed by atoms with E-state index in [0.717, 1.165) is 9.35 Å². The molecule has 0 spiro atoms. The molecule has 2 N–H and O–H groups in total. The number of aryl methyl sites for hydroxylation is 1. The third-order valence-corrected chi connectivity index (χ3v) is 4.22. The molecule has 0 unspecified atom stereocenters. The van der Waals surface area contributed by atoms with E-state index in [1.807, 2.05) is 25.4 Å². The summed E-state index contributed by atoms with van der Waals surface area (Å²) in [5.74, 6) is 0.717. The van der Waals surface area contributed by atoms with Gasteiger partial charge >= 0.3 is 6.03 Å². The Balaban J connectivity index is 1.83. The maximum absolute atomic E-state index is 11.8. The van der Waals surface area contributed by atoms with E-state index in [0.29, 0.717) is 12.4 Å². The van der Waals surface area contributed by atoms with Crippen molar-refractivity contribution in [3.8, 4) is 0 Å². The molecule has 2 rings (SSSR count). The number of nitrogens with one attached hydrogen (secondary N) is 2. The molecule has 1 atom stereocenters. The molecule has 2 aromatic rings. The number of carbonyl (C=O) groups excluding carboxylic acids is 1. The van der Waals surface area contributed by atoms with E-state index in [1.54, 1.807) is 22.2 Å². The van der Waals surface area contributed by atoms with Gasteiger partial charge in [-0.25, -0.2) is 4.79 Å². The van der Waals surface area contributed by atoms with Gasteiger partial charge in [-0.2, -0.15) is 0 Å². The van der Waals surface area contributed by atoms with Crippen molar-refractivity contribution in [2.75, 3.05) is 0 Å². The summed E-state index contributed by atoms with van der Waals surface area (Å²) >= 11 is 4.97. The van der Waals surface area contributed by atoms with Crippen LogP contribution in [0.15, 0.2) is 22.2 Å². The van der Waals surface area contributed by atoms with Crippen LogP contribution in [0.25, 0.3) is 0 Å². The third-order valence-electron chi connectivity index (χ3n) is 2.53. The topological polar surface area (TPSA) is 71.8 Å². The van der Waals surface area contributed by atoms with Gasteiger partial charge in [-0.3, -0.25) is 0 Å². The SMILES string of the molecule is C[C@@H](NC(=O)NCc1cc(Br)cs1)c1nncn1C. The number of halogens is 1. The van der Waals surface area contributed by atoms with Crippen molar-refractivity contribution < 1.29 is 4.79 Å². The van der Waals surface area contributed by atoms with Crippen LogP contribution in [-0.2, 0) is 13.6 Å². The second-order valence-electron chi connectivity index (χ2n) is 4.08. The van der Waals surface area contributed by atoms with Crippen LogP contribution in [0.5, 0.6) is 0 Å². The molecule has 2 aromatic heterocycles. The first-order valence-electron chi connectivity index (χ1n) is 5.67. The Hall–Kier alpha value is -1.41. The van der Waals surface area contributed by atoms with E-state index >= 15 is 0 Å². The maximum atomic E-state index is 11.8. The van der Waals surface area contributed by atoms with Crippen LogP contribution < -0.4 is 10.6 Å². The number of hydrogen-bond acceptors (Lipinski definition) is 4. The lowest BCUT2D eigenvalue weighted by Crippen LogP contribution is -2.37. The first-order chi connectivity index (χ1) is 9.06. The smallest absolute Gasteiger partial charge is 0.315 e. The molecule has 0 fully saturated rings. The van der Waals surface area contributed by atoms with E-state index in [4.69, 9.17) is 0 Å². The number of nitrogens with zero attached hydrogens (tertiary/aromatic N) is 3. The van der Waals surface area contributed by atoms with Crippen molar-refractivity contribution in [2.24, 2.45) is 7.05 Å². The average Bonchev–Trinajstić information content (AvgIpc) is 2.95.